The van der Waals surface area contributed by atoms with E-state index in [4.69, 9.17) is 11.6 Å². The Kier molecular flexibility index (Phi) is 9.03. The molecular weight excluding hydrogens is 582 g/mol. The Hall–Kier alpha value is -2.92. The molecule has 11 heteroatoms. The van der Waals surface area contributed by atoms with Crippen molar-refractivity contribution in [1.29, 1.82) is 0 Å². The zero-order chi connectivity index (χ0) is 29.0. The lowest BCUT2D eigenvalue weighted by Gasteiger charge is -2.37. The molecule has 2 fully saturated rings. The first kappa shape index (κ1) is 29.6. The number of rotatable bonds is 8. The quantitative estimate of drug-likeness (QED) is 0.348. The molecule has 8 nitrogen and oxygen atoms in total. The summed E-state index contributed by atoms with van der Waals surface area (Å²) in [4.78, 5) is 16.8. The van der Waals surface area contributed by atoms with E-state index < -0.39 is 20.0 Å². The van der Waals surface area contributed by atoms with Gasteiger partial charge in [0, 0.05) is 43.7 Å². The zero-order valence-corrected chi connectivity index (χ0v) is 25.1. The van der Waals surface area contributed by atoms with Gasteiger partial charge in [0.05, 0.1) is 15.5 Å². The molecule has 1 heterocycles. The van der Waals surface area contributed by atoms with Gasteiger partial charge in [-0.25, -0.2) is 16.8 Å². The van der Waals surface area contributed by atoms with Crippen LogP contribution >= 0.6 is 11.6 Å². The third-order valence-electron chi connectivity index (χ3n) is 7.74. The number of sulfonamides is 2. The minimum absolute atomic E-state index is 0.0115. The van der Waals surface area contributed by atoms with Crippen LogP contribution in [0.4, 0.5) is 5.69 Å². The Labute approximate surface area is 247 Å². The first-order valence-electron chi connectivity index (χ1n) is 13.9. The maximum Gasteiger partial charge on any atom is 0.277 e. The minimum Gasteiger partial charge on any atom is -0.340 e. The van der Waals surface area contributed by atoms with Gasteiger partial charge in [0.25, 0.3) is 20.0 Å². The van der Waals surface area contributed by atoms with Crippen LogP contribution in [0.1, 0.15) is 37.7 Å². The Morgan fingerprint density at radius 3 is 2.07 bits per heavy atom. The van der Waals surface area contributed by atoms with Crippen molar-refractivity contribution in [2.75, 3.05) is 29.9 Å². The summed E-state index contributed by atoms with van der Waals surface area (Å²) < 4.78 is 55.9. The molecule has 0 aromatic heterocycles. The predicted octanol–water partition coefficient (Wildman–Crippen LogP) is 5.15. The molecule has 0 atom stereocenters. The lowest BCUT2D eigenvalue weighted by molar-refractivity contribution is -0.138. The number of piperazine rings is 1. The van der Waals surface area contributed by atoms with E-state index in [0.29, 0.717) is 36.4 Å². The molecule has 0 spiro atoms. The van der Waals surface area contributed by atoms with Crippen LogP contribution in [0.15, 0.2) is 88.7 Å². The summed E-state index contributed by atoms with van der Waals surface area (Å²) in [5, 5.41) is 0.179. The summed E-state index contributed by atoms with van der Waals surface area (Å²) in [7, 11) is -9.06. The predicted molar refractivity (Wildman–Crippen MR) is 160 cm³/mol. The number of hydrogen-bond donors (Lipinski definition) is 0. The summed E-state index contributed by atoms with van der Waals surface area (Å²) in [6, 6.07) is 19.6. The third kappa shape index (κ3) is 6.61. The van der Waals surface area contributed by atoms with Gasteiger partial charge in [0.15, 0.2) is 0 Å². The Morgan fingerprint density at radius 2 is 1.39 bits per heavy atom. The topological polar surface area (TPSA) is 95.1 Å². The van der Waals surface area contributed by atoms with Crippen LogP contribution in [-0.4, -0.2) is 58.7 Å². The third-order valence-corrected chi connectivity index (χ3v) is 12.2. The minimum atomic E-state index is -4.56. The summed E-state index contributed by atoms with van der Waals surface area (Å²) in [6.07, 6.45) is 5.41. The van der Waals surface area contributed by atoms with Crippen molar-refractivity contribution in [3.63, 3.8) is 0 Å². The van der Waals surface area contributed by atoms with Crippen LogP contribution < -0.4 is 3.71 Å². The number of benzene rings is 3. The fourth-order valence-electron chi connectivity index (χ4n) is 5.58. The molecule has 1 saturated heterocycles. The summed E-state index contributed by atoms with van der Waals surface area (Å²) >= 11 is 6.08. The number of hydrogen-bond acceptors (Lipinski definition) is 6. The Balaban J connectivity index is 1.39. The molecule has 3 aromatic rings. The lowest BCUT2D eigenvalue weighted by atomic mass is 9.88. The smallest absolute Gasteiger partial charge is 0.277 e. The molecule has 0 N–H and O–H groups in total. The fraction of sp³-hybridized carbons (Fsp3) is 0.367. The van der Waals surface area contributed by atoms with Crippen molar-refractivity contribution < 1.29 is 21.6 Å². The van der Waals surface area contributed by atoms with Crippen molar-refractivity contribution in [2.24, 2.45) is 5.92 Å². The largest absolute Gasteiger partial charge is 0.340 e. The normalized spacial score (nSPS) is 17.3. The molecule has 2 aliphatic rings. The second-order valence-corrected chi connectivity index (χ2v) is 14.8. The van der Waals surface area contributed by atoms with Gasteiger partial charge in [0.1, 0.15) is 0 Å². The first-order valence-corrected chi connectivity index (χ1v) is 17.1. The van der Waals surface area contributed by atoms with Crippen LogP contribution in [-0.2, 0) is 31.4 Å². The van der Waals surface area contributed by atoms with E-state index in [9.17, 15) is 21.6 Å². The van der Waals surface area contributed by atoms with Gasteiger partial charge in [-0.15, -0.1) is 0 Å². The van der Waals surface area contributed by atoms with E-state index >= 15 is 0 Å². The molecular formula is C30H34ClN3O5S2. The Morgan fingerprint density at radius 1 is 0.756 bits per heavy atom. The van der Waals surface area contributed by atoms with E-state index in [-0.39, 0.29) is 32.3 Å². The number of carbonyl (C=O) groups excluding carboxylic acids is 1. The van der Waals surface area contributed by atoms with Crippen molar-refractivity contribution in [1.82, 2.24) is 9.80 Å². The van der Waals surface area contributed by atoms with Gasteiger partial charge in [-0.3, -0.25) is 9.69 Å². The fourth-order valence-corrected chi connectivity index (χ4v) is 9.58. The van der Waals surface area contributed by atoms with Crippen LogP contribution in [0, 0.1) is 5.92 Å². The number of anilines is 1. The van der Waals surface area contributed by atoms with Gasteiger partial charge in [0.2, 0.25) is 5.91 Å². The summed E-state index contributed by atoms with van der Waals surface area (Å²) in [5.41, 5.74) is 0.779. The van der Waals surface area contributed by atoms with Crippen LogP contribution in [0.25, 0.3) is 0 Å². The average Bonchev–Trinajstić information content (AvgIpc) is 2.98. The molecule has 3 aromatic carbocycles. The number of carbonyl (C=O) groups is 1. The molecule has 1 amide bonds. The molecule has 1 aliphatic carbocycles. The summed E-state index contributed by atoms with van der Waals surface area (Å²) in [5.74, 6) is 0.408. The maximum atomic E-state index is 13.9. The zero-order valence-electron chi connectivity index (χ0n) is 22.7. The highest BCUT2D eigenvalue weighted by atomic mass is 35.5. The molecule has 0 unspecified atom stereocenters. The highest BCUT2D eigenvalue weighted by molar-refractivity contribution is 8.10. The maximum absolute atomic E-state index is 13.9. The van der Waals surface area contributed by atoms with Gasteiger partial charge >= 0.3 is 0 Å². The van der Waals surface area contributed by atoms with Gasteiger partial charge in [-0.05, 0) is 60.9 Å². The van der Waals surface area contributed by atoms with Crippen LogP contribution in [0.2, 0.25) is 5.02 Å². The second kappa shape index (κ2) is 12.5. The van der Waals surface area contributed by atoms with Gasteiger partial charge < -0.3 is 4.90 Å². The first-order chi connectivity index (χ1) is 19.7. The van der Waals surface area contributed by atoms with Crippen molar-refractivity contribution in [2.45, 2.75) is 48.4 Å². The average molecular weight is 616 g/mol. The molecule has 0 radical (unpaired) electrons. The molecule has 1 saturated carbocycles. The highest BCUT2D eigenvalue weighted by Gasteiger charge is 2.37. The van der Waals surface area contributed by atoms with Crippen LogP contribution in [0.3, 0.4) is 0 Å². The number of halogens is 1. The van der Waals surface area contributed by atoms with Crippen LogP contribution in [0.5, 0.6) is 0 Å². The SMILES string of the molecule is O=C(C1CCCCC1)N1CCN(Cc2cccc(N(S(=O)(=O)c3ccccc3)S(=O)(=O)c3cccc(Cl)c3)c2)CC1. The standard InChI is InChI=1S/C30H34ClN3O5S2/c31-26-12-8-16-29(22-26)41(38,39)34(40(36,37)28-14-5-2-6-15-28)27-13-7-9-24(21-27)23-32-17-19-33(20-18-32)30(35)25-10-3-1-4-11-25/h2,5-9,12-16,21-22,25H,1,3-4,10-11,17-20,23H2. The highest BCUT2D eigenvalue weighted by Crippen LogP contribution is 2.32. The molecule has 41 heavy (non-hydrogen) atoms. The van der Waals surface area contributed by atoms with Crippen molar-refractivity contribution >= 4 is 43.2 Å². The van der Waals surface area contributed by atoms with Gasteiger partial charge in [-0.2, -0.15) is 3.71 Å². The van der Waals surface area contributed by atoms with E-state index in [1.54, 1.807) is 30.3 Å². The number of nitrogens with zero attached hydrogens (tertiary/aromatic N) is 3. The lowest BCUT2D eigenvalue weighted by Crippen LogP contribution is -2.50. The monoisotopic (exact) mass is 615 g/mol. The van der Waals surface area contributed by atoms with Crippen molar-refractivity contribution in [3.8, 4) is 0 Å². The molecule has 0 bridgehead atoms. The second-order valence-electron chi connectivity index (χ2n) is 10.6. The molecule has 5 rings (SSSR count). The molecule has 1 aliphatic heterocycles. The van der Waals surface area contributed by atoms with E-state index in [1.807, 2.05) is 11.0 Å². The molecule has 218 valence electrons. The van der Waals surface area contributed by atoms with E-state index in [1.165, 1.54) is 48.9 Å². The Bertz CT molecular complexity index is 1590. The number of amides is 1. The van der Waals surface area contributed by atoms with E-state index in [0.717, 1.165) is 31.2 Å². The van der Waals surface area contributed by atoms with Gasteiger partial charge in [-0.1, -0.05) is 67.3 Å². The van der Waals surface area contributed by atoms with Crippen molar-refractivity contribution in [3.05, 3.63) is 89.4 Å². The van der Waals surface area contributed by atoms with E-state index in [2.05, 4.69) is 4.90 Å². The summed E-state index contributed by atoms with van der Waals surface area (Å²) in [6.45, 7) is 3.17.